The van der Waals surface area contributed by atoms with Crippen LogP contribution in [0.15, 0.2) is 40.2 Å². The Morgan fingerprint density at radius 2 is 2.15 bits per heavy atom. The second-order valence-corrected chi connectivity index (χ2v) is 6.70. The van der Waals surface area contributed by atoms with E-state index in [2.05, 4.69) is 75.8 Å². The van der Waals surface area contributed by atoms with Gasteiger partial charge in [0.05, 0.1) is 5.69 Å². The smallest absolute Gasteiger partial charge is 0.0508 e. The van der Waals surface area contributed by atoms with Crippen molar-refractivity contribution in [1.82, 2.24) is 5.32 Å². The van der Waals surface area contributed by atoms with Gasteiger partial charge in [-0.05, 0) is 58.0 Å². The van der Waals surface area contributed by atoms with Gasteiger partial charge in [0.15, 0.2) is 0 Å². The molecule has 0 amide bonds. The molecule has 4 heteroatoms. The van der Waals surface area contributed by atoms with E-state index in [1.165, 1.54) is 20.6 Å². The first kappa shape index (κ1) is 15.5. The zero-order valence-electron chi connectivity index (χ0n) is 12.0. The number of halogens is 1. The summed E-state index contributed by atoms with van der Waals surface area (Å²) in [7, 11) is 2.15. The van der Waals surface area contributed by atoms with Crippen molar-refractivity contribution < 1.29 is 0 Å². The highest BCUT2D eigenvalue weighted by molar-refractivity contribution is 9.10. The van der Waals surface area contributed by atoms with Crippen molar-refractivity contribution in [3.8, 4) is 0 Å². The standard InChI is InChI=1S/C16H21BrN2S/c1-3-18-12-13-6-7-16(15(17)11-13)19(2)9-8-14-5-4-10-20-14/h4-7,10-11,18H,3,8-9,12H2,1-2H3. The largest absolute Gasteiger partial charge is 0.373 e. The third-order valence-corrected chi connectivity index (χ3v) is 4.85. The molecule has 0 radical (unpaired) electrons. The molecule has 1 aromatic carbocycles. The van der Waals surface area contributed by atoms with Crippen LogP contribution in [0.3, 0.4) is 0 Å². The van der Waals surface area contributed by atoms with Gasteiger partial charge in [-0.1, -0.05) is 19.1 Å². The molecule has 2 aromatic rings. The third-order valence-electron chi connectivity index (χ3n) is 3.28. The van der Waals surface area contributed by atoms with Gasteiger partial charge in [0, 0.05) is 29.5 Å². The molecule has 0 saturated carbocycles. The van der Waals surface area contributed by atoms with Gasteiger partial charge in [0.1, 0.15) is 0 Å². The van der Waals surface area contributed by atoms with Crippen LogP contribution in [-0.4, -0.2) is 20.1 Å². The highest BCUT2D eigenvalue weighted by Crippen LogP contribution is 2.27. The van der Waals surface area contributed by atoms with E-state index in [1.807, 2.05) is 11.3 Å². The minimum Gasteiger partial charge on any atom is -0.373 e. The zero-order chi connectivity index (χ0) is 14.4. The lowest BCUT2D eigenvalue weighted by molar-refractivity contribution is 0.726. The zero-order valence-corrected chi connectivity index (χ0v) is 14.4. The molecule has 0 spiro atoms. The van der Waals surface area contributed by atoms with E-state index in [4.69, 9.17) is 0 Å². The Kier molecular flexibility index (Phi) is 6.07. The fraction of sp³-hybridized carbons (Fsp3) is 0.375. The monoisotopic (exact) mass is 352 g/mol. The molecule has 0 aliphatic heterocycles. The first-order chi connectivity index (χ1) is 9.70. The number of hydrogen-bond donors (Lipinski definition) is 1. The summed E-state index contributed by atoms with van der Waals surface area (Å²) >= 11 is 5.52. The number of nitrogens with one attached hydrogen (secondary N) is 1. The molecule has 108 valence electrons. The maximum Gasteiger partial charge on any atom is 0.0508 e. The summed E-state index contributed by atoms with van der Waals surface area (Å²) in [5, 5.41) is 5.49. The minimum absolute atomic E-state index is 0.925. The molecule has 0 bridgehead atoms. The SMILES string of the molecule is CCNCc1ccc(N(C)CCc2cccs2)c(Br)c1. The molecule has 2 rings (SSSR count). The van der Waals surface area contributed by atoms with Crippen molar-refractivity contribution >= 4 is 33.0 Å². The molecular weight excluding hydrogens is 332 g/mol. The molecule has 0 atom stereocenters. The van der Waals surface area contributed by atoms with E-state index in [-0.39, 0.29) is 0 Å². The molecule has 1 aromatic heterocycles. The third kappa shape index (κ3) is 4.33. The van der Waals surface area contributed by atoms with Gasteiger partial charge in [-0.2, -0.15) is 0 Å². The fourth-order valence-corrected chi connectivity index (χ4v) is 3.52. The van der Waals surface area contributed by atoms with Gasteiger partial charge in [0.2, 0.25) is 0 Å². The van der Waals surface area contributed by atoms with Crippen molar-refractivity contribution in [2.75, 3.05) is 25.0 Å². The summed E-state index contributed by atoms with van der Waals surface area (Å²) in [6.45, 7) is 5.09. The van der Waals surface area contributed by atoms with Crippen molar-refractivity contribution in [3.63, 3.8) is 0 Å². The quantitative estimate of drug-likeness (QED) is 0.798. The van der Waals surface area contributed by atoms with E-state index in [1.54, 1.807) is 0 Å². The Labute approximate surface area is 133 Å². The summed E-state index contributed by atoms with van der Waals surface area (Å²) in [4.78, 5) is 3.75. The predicted molar refractivity (Wildman–Crippen MR) is 92.8 cm³/mol. The summed E-state index contributed by atoms with van der Waals surface area (Å²) < 4.78 is 1.17. The minimum atomic E-state index is 0.925. The first-order valence-corrected chi connectivity index (χ1v) is 8.60. The van der Waals surface area contributed by atoms with Crippen molar-refractivity contribution in [3.05, 3.63) is 50.6 Å². The second kappa shape index (κ2) is 7.81. The van der Waals surface area contributed by atoms with Crippen LogP contribution in [-0.2, 0) is 13.0 Å². The average molecular weight is 353 g/mol. The lowest BCUT2D eigenvalue weighted by Crippen LogP contribution is -2.20. The molecule has 0 saturated heterocycles. The van der Waals surface area contributed by atoms with E-state index in [0.29, 0.717) is 0 Å². The van der Waals surface area contributed by atoms with E-state index >= 15 is 0 Å². The highest BCUT2D eigenvalue weighted by atomic mass is 79.9. The predicted octanol–water partition coefficient (Wildman–Crippen LogP) is 4.30. The van der Waals surface area contributed by atoms with Crippen LogP contribution >= 0.6 is 27.3 Å². The second-order valence-electron chi connectivity index (χ2n) is 4.82. The summed E-state index contributed by atoms with van der Waals surface area (Å²) in [5.74, 6) is 0. The molecule has 1 N–H and O–H groups in total. The van der Waals surface area contributed by atoms with Crippen LogP contribution in [0.4, 0.5) is 5.69 Å². The lowest BCUT2D eigenvalue weighted by atomic mass is 10.2. The highest BCUT2D eigenvalue weighted by Gasteiger charge is 2.07. The van der Waals surface area contributed by atoms with E-state index in [9.17, 15) is 0 Å². The number of benzene rings is 1. The lowest BCUT2D eigenvalue weighted by Gasteiger charge is -2.21. The maximum absolute atomic E-state index is 3.69. The number of rotatable bonds is 7. The number of likely N-dealkylation sites (N-methyl/N-ethyl adjacent to an activating group) is 1. The Bertz CT molecular complexity index is 525. The Morgan fingerprint density at radius 1 is 1.30 bits per heavy atom. The van der Waals surface area contributed by atoms with Crippen LogP contribution in [0.5, 0.6) is 0 Å². The van der Waals surface area contributed by atoms with Crippen LogP contribution < -0.4 is 10.2 Å². The van der Waals surface area contributed by atoms with Gasteiger partial charge in [-0.3, -0.25) is 0 Å². The molecule has 0 unspecified atom stereocenters. The van der Waals surface area contributed by atoms with Gasteiger partial charge in [-0.25, -0.2) is 0 Å². The Balaban J connectivity index is 1.96. The Morgan fingerprint density at radius 3 is 2.80 bits per heavy atom. The molecule has 2 nitrogen and oxygen atoms in total. The summed E-state index contributed by atoms with van der Waals surface area (Å²) in [6.07, 6.45) is 1.10. The summed E-state index contributed by atoms with van der Waals surface area (Å²) in [5.41, 5.74) is 2.57. The van der Waals surface area contributed by atoms with Crippen molar-refractivity contribution in [2.24, 2.45) is 0 Å². The number of anilines is 1. The molecule has 1 heterocycles. The number of hydrogen-bond acceptors (Lipinski definition) is 3. The Hall–Kier alpha value is -0.840. The van der Waals surface area contributed by atoms with E-state index in [0.717, 1.165) is 26.1 Å². The molecule has 0 aliphatic carbocycles. The van der Waals surface area contributed by atoms with Crippen LogP contribution in [0.1, 0.15) is 17.4 Å². The van der Waals surface area contributed by atoms with Crippen LogP contribution in [0.25, 0.3) is 0 Å². The first-order valence-electron chi connectivity index (χ1n) is 6.93. The van der Waals surface area contributed by atoms with Crippen LogP contribution in [0, 0.1) is 0 Å². The van der Waals surface area contributed by atoms with Gasteiger partial charge in [-0.15, -0.1) is 11.3 Å². The molecular formula is C16H21BrN2S. The van der Waals surface area contributed by atoms with Gasteiger partial charge < -0.3 is 10.2 Å². The topological polar surface area (TPSA) is 15.3 Å². The van der Waals surface area contributed by atoms with Crippen LogP contribution in [0.2, 0.25) is 0 Å². The normalized spacial score (nSPS) is 10.8. The number of thiophene rings is 1. The molecule has 0 aliphatic rings. The van der Waals surface area contributed by atoms with Gasteiger partial charge >= 0.3 is 0 Å². The molecule has 0 fully saturated rings. The summed E-state index contributed by atoms with van der Waals surface area (Å²) in [6, 6.07) is 10.9. The van der Waals surface area contributed by atoms with Crippen molar-refractivity contribution in [2.45, 2.75) is 19.9 Å². The fourth-order valence-electron chi connectivity index (χ4n) is 2.09. The average Bonchev–Trinajstić information content (AvgIpc) is 2.96. The van der Waals surface area contributed by atoms with Gasteiger partial charge in [0.25, 0.3) is 0 Å². The number of nitrogens with zero attached hydrogens (tertiary/aromatic N) is 1. The van der Waals surface area contributed by atoms with Crippen molar-refractivity contribution in [1.29, 1.82) is 0 Å². The molecule has 20 heavy (non-hydrogen) atoms. The maximum atomic E-state index is 3.69. The van der Waals surface area contributed by atoms with E-state index < -0.39 is 0 Å².